The van der Waals surface area contributed by atoms with E-state index in [9.17, 15) is 53.5 Å². The number of ether oxygens (including phenoxy) is 1. The van der Waals surface area contributed by atoms with Crippen molar-refractivity contribution in [1.29, 1.82) is 0 Å². The summed E-state index contributed by atoms with van der Waals surface area (Å²) in [6.45, 7) is -19.6. The molecule has 5 nitrogen and oxygen atoms in total. The number of hydrogen-bond donors (Lipinski definition) is 0. The topological polar surface area (TPSA) is 35.9 Å². The van der Waals surface area contributed by atoms with E-state index < -0.39 is 340 Å². The van der Waals surface area contributed by atoms with Crippen LogP contribution in [0.25, 0.3) is 94.5 Å². The van der Waals surface area contributed by atoms with Crippen LogP contribution in [0.5, 0.6) is 11.5 Å². The first kappa shape index (κ1) is 29.7. The van der Waals surface area contributed by atoms with Gasteiger partial charge in [0.05, 0.1) is 53.7 Å². The van der Waals surface area contributed by atoms with Crippen LogP contribution in [0, 0.1) is 32.2 Å². The zero-order valence-corrected chi connectivity index (χ0v) is 55.3. The van der Waals surface area contributed by atoms with Gasteiger partial charge in [0.15, 0.2) is 8.07 Å². The molecule has 488 valence electrons. The fraction of sp³-hybridized carbons (Fsp3) is 0.152. The Kier molecular flexibility index (Phi) is 7.67. The molecular formula is C92H78N4OPtSi-2. The number of imidazole rings is 1. The van der Waals surface area contributed by atoms with Crippen LogP contribution in [0.2, 0.25) is 0 Å². The van der Waals surface area contributed by atoms with Crippen LogP contribution in [-0.2, 0) is 37.3 Å². The molecule has 16 rings (SSSR count). The zero-order chi connectivity index (χ0) is 109. The van der Waals surface area contributed by atoms with Crippen molar-refractivity contribution in [1.82, 2.24) is 14.1 Å². The number of fused-ring (bicyclic) bond motifs is 5. The summed E-state index contributed by atoms with van der Waals surface area (Å²) >= 11 is 0. The quantitative estimate of drug-likeness (QED) is 0.0499. The van der Waals surface area contributed by atoms with Gasteiger partial charge in [-0.05, 0) is 183 Å². The number of aromatic nitrogens is 4. The van der Waals surface area contributed by atoms with Crippen LogP contribution in [0.4, 0.5) is 0 Å². The Balaban J connectivity index is 0.0000164. The molecule has 15 aromatic rings. The van der Waals surface area contributed by atoms with Gasteiger partial charge in [-0.1, -0.05) is 265 Å². The fourth-order valence-corrected chi connectivity index (χ4v) is 15.9. The molecular weight excluding hydrogens is 1400 g/mol. The molecule has 0 atom stereocenters. The van der Waals surface area contributed by atoms with Crippen molar-refractivity contribution in [3.63, 3.8) is 0 Å². The van der Waals surface area contributed by atoms with Crippen LogP contribution in [0.15, 0.2) is 285 Å². The van der Waals surface area contributed by atoms with Gasteiger partial charge in [0, 0.05) is 74.4 Å². The Labute approximate surface area is 666 Å². The summed E-state index contributed by atoms with van der Waals surface area (Å²) in [5, 5.41) is -4.48. The Morgan fingerprint density at radius 1 is 0.535 bits per heavy atom. The smallest absolute Gasteiger partial charge is 0.268 e. The number of para-hydroxylation sites is 1. The molecule has 99 heavy (non-hydrogen) atoms. The molecule has 3 heterocycles. The number of nitrogens with zero attached hydrogens (tertiary/aromatic N) is 4. The van der Waals surface area contributed by atoms with Crippen molar-refractivity contribution in [2.24, 2.45) is 0 Å². The SMILES string of the molecule is [2H]c1c([2H])c([2H])c(-c2cc(-c3c([2H])c([2H])c4c(c3[2H])C(C([2H])([2H])[2H])(C([2H])([2H])[2H])C([2H])([2H])C([2H])([2H])C4(C([2H])([2H])[2H])C([2H])([2H])[2H])c(-[n+]3[c-]n(-c4[c-]c(Oc5[c-]c6c(cc5)c5ccccc5n6-c5cc(C(C)(C)C)ccn5)ccc4)c4cc(-c5c(C([2H])([2H])[2H])cccc5C([2H])([2H])[2H])ccc43)c(-c3c([2H])c([2H])c([2H])c([Si](c4c([2H])c([2H])c([2H])c([2H])c4[2H])(c4c([2H])c([2H])c([2H])c([2H])c4[2H])c4c([2H])c([2H])c([2H])c([2H])c4[2H])c3[2H])c2)c([2H])c1[2H].[Pt]. The van der Waals surface area contributed by atoms with Crippen molar-refractivity contribution in [2.75, 3.05) is 0 Å². The predicted octanol–water partition coefficient (Wildman–Crippen LogP) is 19.9. The molecule has 1 aliphatic rings. The third-order valence-corrected chi connectivity index (χ3v) is 20.9. The van der Waals surface area contributed by atoms with E-state index in [1.807, 2.05) is 61.7 Å². The van der Waals surface area contributed by atoms with E-state index in [0.29, 0.717) is 34.4 Å². The Morgan fingerprint density at radius 2 is 1.15 bits per heavy atom. The normalized spacial score (nSPS) is 22.4. The number of pyridine rings is 1. The van der Waals surface area contributed by atoms with Crippen LogP contribution in [0.3, 0.4) is 0 Å². The summed E-state index contributed by atoms with van der Waals surface area (Å²) in [4.78, 5) is 4.77. The van der Waals surface area contributed by atoms with Gasteiger partial charge in [-0.2, -0.15) is 18.2 Å². The maximum atomic E-state index is 11.5. The van der Waals surface area contributed by atoms with Crippen molar-refractivity contribution in [2.45, 2.75) is 90.9 Å². The molecule has 0 fully saturated rings. The minimum atomic E-state index is -7.10. The molecule has 7 heteroatoms. The molecule has 0 spiro atoms. The molecule has 0 amide bonds. The summed E-state index contributed by atoms with van der Waals surface area (Å²) in [5.41, 5.74) is -25.1. The van der Waals surface area contributed by atoms with Crippen LogP contribution >= 0.6 is 0 Å². The average molecular weight is 1530 g/mol. The van der Waals surface area contributed by atoms with Gasteiger partial charge in [0.2, 0.25) is 0 Å². The number of aryl methyl sites for hydroxylation is 2. The summed E-state index contributed by atoms with van der Waals surface area (Å²) in [6, 6.07) is -7.89. The maximum absolute atomic E-state index is 11.5. The third kappa shape index (κ3) is 11.5. The van der Waals surface area contributed by atoms with Gasteiger partial charge >= 0.3 is 0 Å². The third-order valence-electron chi connectivity index (χ3n) is 16.9. The summed E-state index contributed by atoms with van der Waals surface area (Å²) in [6.07, 6.45) is -5.42. The minimum absolute atomic E-state index is 0. The second kappa shape index (κ2) is 25.6. The minimum Gasteiger partial charge on any atom is -0.510 e. The first-order valence-electron chi connectivity index (χ1n) is 54.7. The van der Waals surface area contributed by atoms with Crippen molar-refractivity contribution < 1.29 is 97.5 Å². The number of benzene rings is 12. The van der Waals surface area contributed by atoms with E-state index in [2.05, 4.69) is 18.5 Å². The van der Waals surface area contributed by atoms with Crippen molar-refractivity contribution >= 4 is 61.7 Å². The molecule has 0 saturated heterocycles. The van der Waals surface area contributed by atoms with E-state index in [4.69, 9.17) is 23.4 Å². The van der Waals surface area contributed by atoms with Gasteiger partial charge < -0.3 is 13.9 Å². The van der Waals surface area contributed by atoms with Crippen LogP contribution < -0.4 is 30.1 Å². The van der Waals surface area contributed by atoms with E-state index in [-0.39, 0.29) is 43.8 Å². The van der Waals surface area contributed by atoms with Crippen LogP contribution in [0.1, 0.15) is 156 Å². The molecule has 12 aromatic carbocycles. The molecule has 0 radical (unpaired) electrons. The van der Waals surface area contributed by atoms with Crippen molar-refractivity contribution in [3.05, 3.63) is 331 Å². The Hall–Kier alpha value is -10.2. The fourth-order valence-electron chi connectivity index (χ4n) is 12.3. The van der Waals surface area contributed by atoms with Gasteiger partial charge in [0.1, 0.15) is 5.82 Å². The molecule has 0 N–H and O–H groups in total. The summed E-state index contributed by atoms with van der Waals surface area (Å²) in [5.74, 6) is 0.177. The Bertz CT molecular complexity index is 7860. The Morgan fingerprint density at radius 3 is 1.82 bits per heavy atom. The van der Waals surface area contributed by atoms with Crippen LogP contribution in [-0.4, -0.2) is 22.2 Å². The molecule has 0 bridgehead atoms. The molecule has 0 unspecified atom stereocenters. The largest absolute Gasteiger partial charge is 0.510 e. The monoisotopic (exact) mass is 1530 g/mol. The van der Waals surface area contributed by atoms with E-state index in [1.165, 1.54) is 18.2 Å². The predicted molar refractivity (Wildman–Crippen MR) is 409 cm³/mol. The molecule has 1 aliphatic carbocycles. The van der Waals surface area contributed by atoms with E-state index in [0.717, 1.165) is 56.5 Å². The maximum Gasteiger partial charge on any atom is 0.268 e. The molecule has 0 aliphatic heterocycles. The first-order chi connectivity index (χ1) is 67.7. The molecule has 0 saturated carbocycles. The summed E-state index contributed by atoms with van der Waals surface area (Å²) in [7, 11) is -7.10. The second-order valence-electron chi connectivity index (χ2n) is 24.0. The van der Waals surface area contributed by atoms with Gasteiger partial charge in [-0.15, -0.1) is 29.7 Å². The average Bonchev–Trinajstić information content (AvgIpc) is 0.665. The second-order valence-corrected chi connectivity index (χ2v) is 27.5. The summed E-state index contributed by atoms with van der Waals surface area (Å²) < 4.78 is 482. The van der Waals surface area contributed by atoms with Gasteiger partial charge in [-0.25, -0.2) is 4.98 Å². The van der Waals surface area contributed by atoms with E-state index >= 15 is 0 Å². The van der Waals surface area contributed by atoms with Gasteiger partial charge in [-0.3, -0.25) is 4.57 Å². The van der Waals surface area contributed by atoms with Crippen molar-refractivity contribution in [3.8, 4) is 73.2 Å². The number of hydrogen-bond acceptors (Lipinski definition) is 2. The standard InChI is InChI=1S/C92H78N4OSi.Pt/c1-62-27-24-28-63(2)88(62)67-44-48-84-86(57-67)94(70-32-26-33-71(59-70)97-72-45-46-78-77-41-22-23-42-83(77)96(85(78)60-72)87-58-69(49-52-93-87)90(3,4)5)61-95(84)89-79(54-68(64-29-14-10-15-30-64)55-80(89)66-43-47-81-82(56-66)92(8,9)51-50-91(81,6)7)65-31-25-40-76(53-65)98(73-34-16-11-17-35-73,74-36-18-12-19-37-74)75-38-20-13-21-39-75;/h10-49,52-58H,50-51H2,1-9H3;/q-2;/i1D3,2D3,6D3,7D3,8D3,9D3,10D,11D,12D,13D,14D,15D,16D,17D,18D,19D,20D,21D,25D,29D,30D,31D,34D,35D,36D,37D,38D,39D,40D,43D,47D,50D2,51D2,53D,56D;. The van der Waals surface area contributed by atoms with Gasteiger partial charge in [0.25, 0.3) is 6.33 Å². The van der Waals surface area contributed by atoms with E-state index in [1.54, 1.807) is 18.3 Å². The first-order valence-corrected chi connectivity index (χ1v) is 32.2. The number of rotatable bonds is 13. The zero-order valence-electron chi connectivity index (χ0n) is 101. The molecule has 3 aromatic heterocycles.